The van der Waals surface area contributed by atoms with Gasteiger partial charge in [-0.15, -0.1) is 0 Å². The van der Waals surface area contributed by atoms with Gasteiger partial charge in [-0.25, -0.2) is 9.50 Å². The molecule has 2 aromatic heterocycles. The fraction of sp³-hybridized carbons (Fsp3) is 0.138. The van der Waals surface area contributed by atoms with Gasteiger partial charge >= 0.3 is 0 Å². The summed E-state index contributed by atoms with van der Waals surface area (Å²) < 4.78 is 13.0. The monoisotopic (exact) mass is 504 g/mol. The topological polar surface area (TPSA) is 102 Å². The number of anilines is 3. The minimum absolute atomic E-state index is 0.124. The molecule has 2 aliphatic heterocycles. The third-order valence-electron chi connectivity index (χ3n) is 6.81. The van der Waals surface area contributed by atoms with Crippen LogP contribution in [0.3, 0.4) is 0 Å². The van der Waals surface area contributed by atoms with E-state index < -0.39 is 0 Å². The van der Waals surface area contributed by atoms with Crippen LogP contribution in [-0.4, -0.2) is 33.8 Å². The van der Waals surface area contributed by atoms with Crippen molar-refractivity contribution in [2.75, 3.05) is 24.0 Å². The minimum atomic E-state index is -0.124. The lowest BCUT2D eigenvalue weighted by Gasteiger charge is -2.17. The van der Waals surface area contributed by atoms with Gasteiger partial charge in [-0.3, -0.25) is 4.79 Å². The van der Waals surface area contributed by atoms with Gasteiger partial charge in [0.2, 0.25) is 12.7 Å². The second-order valence-electron chi connectivity index (χ2n) is 9.24. The number of benzene rings is 3. The minimum Gasteiger partial charge on any atom is -0.454 e. The Hall–Kier alpha value is -4.89. The van der Waals surface area contributed by atoms with Crippen LogP contribution in [0.4, 0.5) is 17.3 Å². The van der Waals surface area contributed by atoms with Crippen molar-refractivity contribution >= 4 is 28.7 Å². The number of para-hydroxylation sites is 1. The molecule has 0 saturated carbocycles. The maximum atomic E-state index is 12.9. The number of amides is 1. The van der Waals surface area contributed by atoms with Gasteiger partial charge in [0.15, 0.2) is 11.5 Å². The highest BCUT2D eigenvalue weighted by Crippen LogP contribution is 2.41. The molecule has 0 bridgehead atoms. The average molecular weight is 505 g/mol. The van der Waals surface area contributed by atoms with Crippen molar-refractivity contribution in [2.24, 2.45) is 0 Å². The van der Waals surface area contributed by atoms with Gasteiger partial charge in [0.25, 0.3) is 5.91 Å². The van der Waals surface area contributed by atoms with E-state index in [1.54, 1.807) is 10.7 Å². The van der Waals surface area contributed by atoms with Crippen LogP contribution in [0.25, 0.3) is 16.8 Å². The number of carbonyl (C=O) groups excluding carboxylic acids is 1. The first-order chi connectivity index (χ1) is 18.7. The number of hydrogen-bond acceptors (Lipinski definition) is 7. The molecule has 0 unspecified atom stereocenters. The van der Waals surface area contributed by atoms with Crippen molar-refractivity contribution < 1.29 is 14.3 Å². The number of ether oxygens (including phenoxy) is 2. The van der Waals surface area contributed by atoms with Gasteiger partial charge in [0.1, 0.15) is 0 Å². The second-order valence-corrected chi connectivity index (χ2v) is 9.24. The van der Waals surface area contributed by atoms with Gasteiger partial charge in [0, 0.05) is 29.0 Å². The summed E-state index contributed by atoms with van der Waals surface area (Å²) in [5.41, 5.74) is 7.15. The fourth-order valence-corrected chi connectivity index (χ4v) is 4.87. The number of nitrogens with one attached hydrogen (secondary N) is 3. The summed E-state index contributed by atoms with van der Waals surface area (Å²) in [5.74, 6) is 1.82. The van der Waals surface area contributed by atoms with E-state index in [4.69, 9.17) is 14.5 Å². The molecule has 5 aromatic rings. The lowest BCUT2D eigenvalue weighted by Crippen LogP contribution is -2.24. The molecule has 1 amide bonds. The molecule has 0 atom stereocenters. The Morgan fingerprint density at radius 1 is 0.947 bits per heavy atom. The third-order valence-corrected chi connectivity index (χ3v) is 6.81. The normalized spacial score (nSPS) is 13.8. The third kappa shape index (κ3) is 4.08. The van der Waals surface area contributed by atoms with Crippen molar-refractivity contribution in [1.29, 1.82) is 0 Å². The van der Waals surface area contributed by atoms with E-state index in [1.165, 1.54) is 11.1 Å². The van der Waals surface area contributed by atoms with Crippen LogP contribution in [0.15, 0.2) is 79.0 Å². The van der Waals surface area contributed by atoms with Crippen LogP contribution >= 0.6 is 0 Å². The van der Waals surface area contributed by atoms with Crippen molar-refractivity contribution in [3.8, 4) is 22.8 Å². The molecular formula is C29H24N6O3. The lowest BCUT2D eigenvalue weighted by atomic mass is 9.98. The smallest absolute Gasteiger partial charge is 0.255 e. The average Bonchev–Trinajstić information content (AvgIpc) is 3.63. The summed E-state index contributed by atoms with van der Waals surface area (Å²) in [6, 6.07) is 23.1. The van der Waals surface area contributed by atoms with Gasteiger partial charge in [-0.1, -0.05) is 12.1 Å². The highest BCUT2D eigenvalue weighted by atomic mass is 16.7. The van der Waals surface area contributed by atoms with Gasteiger partial charge < -0.3 is 25.4 Å². The zero-order valence-corrected chi connectivity index (χ0v) is 20.4. The Balaban J connectivity index is 1.12. The van der Waals surface area contributed by atoms with Crippen LogP contribution < -0.4 is 25.4 Å². The molecule has 38 heavy (non-hydrogen) atoms. The molecule has 9 heteroatoms. The number of carbonyl (C=O) groups is 1. The molecule has 9 nitrogen and oxygen atoms in total. The van der Waals surface area contributed by atoms with E-state index in [0.29, 0.717) is 28.7 Å². The van der Waals surface area contributed by atoms with E-state index >= 15 is 0 Å². The van der Waals surface area contributed by atoms with Gasteiger partial charge in [-0.2, -0.15) is 5.10 Å². The van der Waals surface area contributed by atoms with Crippen molar-refractivity contribution in [3.05, 3.63) is 95.7 Å². The molecule has 2 aliphatic rings. The molecule has 0 fully saturated rings. The lowest BCUT2D eigenvalue weighted by molar-refractivity contribution is 0.102. The molecule has 3 N–H and O–H groups in total. The number of aromatic nitrogens is 3. The first kappa shape index (κ1) is 22.3. The summed E-state index contributed by atoms with van der Waals surface area (Å²) in [7, 11) is 0. The Morgan fingerprint density at radius 2 is 1.84 bits per heavy atom. The molecule has 0 aliphatic carbocycles. The summed E-state index contributed by atoms with van der Waals surface area (Å²) in [6.45, 7) is 1.98. The first-order valence-corrected chi connectivity index (χ1v) is 12.5. The SMILES string of the molecule is O=C(Nc1ccc(Nc2nc(-c3cccc4c3OCO4)cc3ccnn23)cc1)c1ccc2c(c1)CCNC2. The fourth-order valence-electron chi connectivity index (χ4n) is 4.87. The molecule has 7 rings (SSSR count). The highest BCUT2D eigenvalue weighted by Gasteiger charge is 2.20. The van der Waals surface area contributed by atoms with Crippen LogP contribution in [0.2, 0.25) is 0 Å². The summed E-state index contributed by atoms with van der Waals surface area (Å²) in [4.78, 5) is 17.7. The van der Waals surface area contributed by atoms with Crippen LogP contribution in [0, 0.1) is 0 Å². The summed E-state index contributed by atoms with van der Waals surface area (Å²) in [5, 5.41) is 14.1. The Labute approximate surface area is 218 Å². The standard InChI is InChI=1S/C29H24N6O3/c36-28(19-4-5-20-16-30-12-10-18(20)14-19)32-21-6-8-22(9-7-21)33-29-34-25(15-23-11-13-31-35(23)29)24-2-1-3-26-27(24)38-17-37-26/h1-9,11,13-15,30H,10,12,16-17H2,(H,32,36)(H,33,34). The van der Waals surface area contributed by atoms with E-state index in [-0.39, 0.29) is 12.7 Å². The summed E-state index contributed by atoms with van der Waals surface area (Å²) in [6.07, 6.45) is 2.67. The maximum Gasteiger partial charge on any atom is 0.255 e. The van der Waals surface area contributed by atoms with E-state index in [2.05, 4.69) is 21.0 Å². The molecule has 0 spiro atoms. The maximum absolute atomic E-state index is 12.9. The van der Waals surface area contributed by atoms with Crippen LogP contribution in [-0.2, 0) is 13.0 Å². The van der Waals surface area contributed by atoms with Crippen molar-refractivity contribution in [2.45, 2.75) is 13.0 Å². The van der Waals surface area contributed by atoms with E-state index in [1.807, 2.05) is 72.8 Å². The first-order valence-electron chi connectivity index (χ1n) is 12.5. The van der Waals surface area contributed by atoms with Crippen LogP contribution in [0.5, 0.6) is 11.5 Å². The molecular weight excluding hydrogens is 480 g/mol. The molecule has 0 radical (unpaired) electrons. The largest absolute Gasteiger partial charge is 0.454 e. The zero-order chi connectivity index (χ0) is 25.5. The highest BCUT2D eigenvalue weighted by molar-refractivity contribution is 6.04. The van der Waals surface area contributed by atoms with Crippen molar-refractivity contribution in [3.63, 3.8) is 0 Å². The Morgan fingerprint density at radius 3 is 2.76 bits per heavy atom. The van der Waals surface area contributed by atoms with E-state index in [0.717, 1.165) is 42.0 Å². The Bertz CT molecular complexity index is 1680. The number of hydrogen-bond donors (Lipinski definition) is 3. The number of rotatable bonds is 5. The Kier molecular flexibility index (Phi) is 5.41. The molecule has 0 saturated heterocycles. The van der Waals surface area contributed by atoms with Crippen LogP contribution in [0.1, 0.15) is 21.5 Å². The van der Waals surface area contributed by atoms with E-state index in [9.17, 15) is 4.79 Å². The van der Waals surface area contributed by atoms with Crippen molar-refractivity contribution in [1.82, 2.24) is 19.9 Å². The quantitative estimate of drug-likeness (QED) is 0.317. The number of fused-ring (bicyclic) bond motifs is 3. The predicted molar refractivity (Wildman–Crippen MR) is 144 cm³/mol. The molecule has 188 valence electrons. The summed E-state index contributed by atoms with van der Waals surface area (Å²) >= 11 is 0. The molecule has 3 aromatic carbocycles. The van der Waals surface area contributed by atoms with Gasteiger partial charge in [-0.05, 0) is 84.8 Å². The predicted octanol–water partition coefficient (Wildman–Crippen LogP) is 4.77. The number of nitrogens with zero attached hydrogens (tertiary/aromatic N) is 3. The second kappa shape index (κ2) is 9.20. The molecule has 4 heterocycles. The zero-order valence-electron chi connectivity index (χ0n) is 20.4. The van der Waals surface area contributed by atoms with Gasteiger partial charge in [0.05, 0.1) is 17.4 Å².